The summed E-state index contributed by atoms with van der Waals surface area (Å²) in [5.41, 5.74) is 0.640. The molecule has 0 spiro atoms. The van der Waals surface area contributed by atoms with Gasteiger partial charge in [-0.15, -0.1) is 0 Å². The van der Waals surface area contributed by atoms with Gasteiger partial charge in [0.15, 0.2) is 0 Å². The molecule has 0 fully saturated rings. The molecule has 0 aliphatic rings. The highest BCUT2D eigenvalue weighted by Crippen LogP contribution is 2.21. The summed E-state index contributed by atoms with van der Waals surface area (Å²) in [6.45, 7) is 4.06. The number of rotatable bonds is 8. The number of hydrogen-bond donors (Lipinski definition) is 1. The molecule has 128 valence electrons. The monoisotopic (exact) mass is 332 g/mol. The van der Waals surface area contributed by atoms with E-state index in [9.17, 15) is 14.9 Å². The smallest absolute Gasteiger partial charge is 0.312 e. The molecule has 2 rings (SSSR count). The maximum Gasteiger partial charge on any atom is 0.312 e. The SMILES string of the molecule is Cc1nn(CC(=O)NCCCOc2ccccc2)c(C)c1[N+](=O)[O-]. The highest BCUT2D eigenvalue weighted by atomic mass is 16.6. The molecule has 1 aromatic heterocycles. The van der Waals surface area contributed by atoms with Crippen molar-refractivity contribution >= 4 is 11.6 Å². The molecule has 0 aliphatic heterocycles. The first-order valence-electron chi connectivity index (χ1n) is 7.62. The minimum absolute atomic E-state index is 0.0416. The maximum atomic E-state index is 11.9. The normalized spacial score (nSPS) is 10.4. The lowest BCUT2D eigenvalue weighted by molar-refractivity contribution is -0.386. The number of nitro groups is 1. The fourth-order valence-corrected chi connectivity index (χ4v) is 2.30. The number of nitrogens with one attached hydrogen (secondary N) is 1. The molecule has 0 bridgehead atoms. The highest BCUT2D eigenvalue weighted by Gasteiger charge is 2.22. The Balaban J connectivity index is 1.74. The summed E-state index contributed by atoms with van der Waals surface area (Å²) in [5, 5.41) is 17.7. The first-order valence-corrected chi connectivity index (χ1v) is 7.62. The van der Waals surface area contributed by atoms with Crippen molar-refractivity contribution in [1.29, 1.82) is 0 Å². The lowest BCUT2D eigenvalue weighted by Gasteiger charge is -2.08. The molecule has 2 aromatic rings. The summed E-state index contributed by atoms with van der Waals surface area (Å²) in [5.74, 6) is 0.550. The van der Waals surface area contributed by atoms with Crippen LogP contribution < -0.4 is 10.1 Å². The number of aromatic nitrogens is 2. The number of benzene rings is 1. The van der Waals surface area contributed by atoms with E-state index in [-0.39, 0.29) is 18.1 Å². The number of aryl methyl sites for hydroxylation is 1. The van der Waals surface area contributed by atoms with Crippen LogP contribution in [0.5, 0.6) is 5.75 Å². The fraction of sp³-hybridized carbons (Fsp3) is 0.375. The van der Waals surface area contributed by atoms with Crippen LogP contribution in [0.4, 0.5) is 5.69 Å². The molecule has 0 saturated heterocycles. The summed E-state index contributed by atoms with van der Waals surface area (Å²) in [6, 6.07) is 9.44. The molecule has 1 amide bonds. The zero-order chi connectivity index (χ0) is 17.5. The number of ether oxygens (including phenoxy) is 1. The van der Waals surface area contributed by atoms with E-state index in [4.69, 9.17) is 4.74 Å². The van der Waals surface area contributed by atoms with Crippen LogP contribution in [0.2, 0.25) is 0 Å². The Labute approximate surface area is 139 Å². The molecule has 8 nitrogen and oxygen atoms in total. The average molecular weight is 332 g/mol. The summed E-state index contributed by atoms with van der Waals surface area (Å²) >= 11 is 0. The second kappa shape index (κ2) is 8.09. The van der Waals surface area contributed by atoms with Crippen molar-refractivity contribution in [3.63, 3.8) is 0 Å². The van der Waals surface area contributed by atoms with E-state index in [1.807, 2.05) is 30.3 Å². The van der Waals surface area contributed by atoms with Gasteiger partial charge in [0.05, 0.1) is 11.5 Å². The van der Waals surface area contributed by atoms with Gasteiger partial charge in [-0.25, -0.2) is 0 Å². The Bertz CT molecular complexity index is 712. The Kier molecular flexibility index (Phi) is 5.89. The van der Waals surface area contributed by atoms with Crippen molar-refractivity contribution in [3.05, 3.63) is 51.8 Å². The van der Waals surface area contributed by atoms with Crippen LogP contribution in [0.15, 0.2) is 30.3 Å². The van der Waals surface area contributed by atoms with E-state index in [1.165, 1.54) is 4.68 Å². The van der Waals surface area contributed by atoms with Gasteiger partial charge in [-0.05, 0) is 32.4 Å². The Morgan fingerprint density at radius 2 is 2.04 bits per heavy atom. The summed E-state index contributed by atoms with van der Waals surface area (Å²) in [6.07, 6.45) is 0.665. The maximum absolute atomic E-state index is 11.9. The third kappa shape index (κ3) is 4.55. The van der Waals surface area contributed by atoms with E-state index in [0.29, 0.717) is 31.0 Å². The van der Waals surface area contributed by atoms with Crippen LogP contribution in [0, 0.1) is 24.0 Å². The van der Waals surface area contributed by atoms with Crippen LogP contribution in [0.25, 0.3) is 0 Å². The van der Waals surface area contributed by atoms with Gasteiger partial charge >= 0.3 is 5.69 Å². The van der Waals surface area contributed by atoms with Gasteiger partial charge < -0.3 is 10.1 Å². The van der Waals surface area contributed by atoms with Gasteiger partial charge in [-0.2, -0.15) is 5.10 Å². The Morgan fingerprint density at radius 1 is 1.33 bits per heavy atom. The average Bonchev–Trinajstić information content (AvgIpc) is 2.82. The number of hydrogen-bond acceptors (Lipinski definition) is 5. The molecular weight excluding hydrogens is 312 g/mol. The van der Waals surface area contributed by atoms with Crippen LogP contribution in [-0.4, -0.2) is 33.8 Å². The van der Waals surface area contributed by atoms with Crippen LogP contribution in [0.3, 0.4) is 0 Å². The Hall–Kier alpha value is -2.90. The molecule has 1 aromatic carbocycles. The molecule has 0 aliphatic carbocycles. The first-order chi connectivity index (χ1) is 11.5. The van der Waals surface area contributed by atoms with E-state index >= 15 is 0 Å². The standard InChI is InChI=1S/C16H20N4O4/c1-12-16(20(22)23)13(2)19(18-12)11-15(21)17-9-6-10-24-14-7-4-3-5-8-14/h3-5,7-8H,6,9-11H2,1-2H3,(H,17,21). The summed E-state index contributed by atoms with van der Waals surface area (Å²) in [4.78, 5) is 22.4. The van der Waals surface area contributed by atoms with Crippen molar-refractivity contribution in [2.45, 2.75) is 26.8 Å². The van der Waals surface area contributed by atoms with Crippen molar-refractivity contribution < 1.29 is 14.5 Å². The van der Waals surface area contributed by atoms with Gasteiger partial charge in [0.1, 0.15) is 23.7 Å². The predicted molar refractivity (Wildman–Crippen MR) is 87.9 cm³/mol. The van der Waals surface area contributed by atoms with Gasteiger partial charge in [0, 0.05) is 6.54 Å². The summed E-state index contributed by atoms with van der Waals surface area (Å²) < 4.78 is 6.88. The van der Waals surface area contributed by atoms with Crippen molar-refractivity contribution in [1.82, 2.24) is 15.1 Å². The van der Waals surface area contributed by atoms with Gasteiger partial charge in [0.2, 0.25) is 5.91 Å². The summed E-state index contributed by atoms with van der Waals surface area (Å²) in [7, 11) is 0. The zero-order valence-electron chi connectivity index (χ0n) is 13.7. The van der Waals surface area contributed by atoms with Gasteiger partial charge in [0.25, 0.3) is 0 Å². The second-order valence-electron chi connectivity index (χ2n) is 5.30. The topological polar surface area (TPSA) is 99.3 Å². The number of carbonyl (C=O) groups excluding carboxylic acids is 1. The van der Waals surface area contributed by atoms with E-state index < -0.39 is 4.92 Å². The molecule has 24 heavy (non-hydrogen) atoms. The lowest BCUT2D eigenvalue weighted by atomic mass is 10.3. The quantitative estimate of drug-likeness (QED) is 0.453. The zero-order valence-corrected chi connectivity index (χ0v) is 13.7. The lowest BCUT2D eigenvalue weighted by Crippen LogP contribution is -2.30. The van der Waals surface area contributed by atoms with E-state index in [1.54, 1.807) is 13.8 Å². The first kappa shape index (κ1) is 17.5. The third-order valence-electron chi connectivity index (χ3n) is 3.47. The molecule has 0 unspecified atom stereocenters. The van der Waals surface area contributed by atoms with Crippen molar-refractivity contribution in [2.75, 3.05) is 13.2 Å². The van der Waals surface area contributed by atoms with Gasteiger partial charge in [-0.3, -0.25) is 19.6 Å². The molecule has 0 radical (unpaired) electrons. The largest absolute Gasteiger partial charge is 0.494 e. The van der Waals surface area contributed by atoms with Crippen LogP contribution in [-0.2, 0) is 11.3 Å². The Morgan fingerprint density at radius 3 is 2.67 bits per heavy atom. The molecule has 1 N–H and O–H groups in total. The van der Waals surface area contributed by atoms with Crippen molar-refractivity contribution in [2.24, 2.45) is 0 Å². The van der Waals surface area contributed by atoms with E-state index in [0.717, 1.165) is 5.75 Å². The third-order valence-corrected chi connectivity index (χ3v) is 3.47. The molecule has 8 heteroatoms. The molecular formula is C16H20N4O4. The molecule has 0 atom stereocenters. The fourth-order valence-electron chi connectivity index (χ4n) is 2.30. The number of nitrogens with zero attached hydrogens (tertiary/aromatic N) is 3. The van der Waals surface area contributed by atoms with Crippen LogP contribution in [0.1, 0.15) is 17.8 Å². The number of carbonyl (C=O) groups is 1. The minimum Gasteiger partial charge on any atom is -0.494 e. The van der Waals surface area contributed by atoms with Crippen molar-refractivity contribution in [3.8, 4) is 5.75 Å². The van der Waals surface area contributed by atoms with Gasteiger partial charge in [-0.1, -0.05) is 18.2 Å². The minimum atomic E-state index is -0.479. The molecule has 0 saturated carbocycles. The second-order valence-corrected chi connectivity index (χ2v) is 5.30. The highest BCUT2D eigenvalue weighted by molar-refractivity contribution is 5.75. The number of para-hydroxylation sites is 1. The molecule has 1 heterocycles. The van der Waals surface area contributed by atoms with E-state index in [2.05, 4.69) is 10.4 Å². The number of amides is 1. The predicted octanol–water partition coefficient (Wildman–Crippen LogP) is 1.99. The van der Waals surface area contributed by atoms with Crippen LogP contribution >= 0.6 is 0 Å².